The van der Waals surface area contributed by atoms with Crippen LogP contribution in [0.2, 0.25) is 0 Å². The van der Waals surface area contributed by atoms with Gasteiger partial charge in [0.05, 0.1) is 23.6 Å². The SMILES string of the molecule is COc1cccc(C2C(C(=O)c3cccs3)=C(O)C(=O)N2c2ccccc2)c1. The highest BCUT2D eigenvalue weighted by Gasteiger charge is 2.44. The van der Waals surface area contributed by atoms with Crippen LogP contribution >= 0.6 is 11.3 Å². The van der Waals surface area contributed by atoms with E-state index in [1.807, 2.05) is 12.1 Å². The second kappa shape index (κ2) is 7.32. The summed E-state index contributed by atoms with van der Waals surface area (Å²) in [6.07, 6.45) is 0. The Morgan fingerprint density at radius 2 is 1.86 bits per heavy atom. The summed E-state index contributed by atoms with van der Waals surface area (Å²) < 4.78 is 5.31. The first kappa shape index (κ1) is 18.0. The number of aliphatic hydroxyl groups is 1. The number of anilines is 1. The van der Waals surface area contributed by atoms with Gasteiger partial charge >= 0.3 is 0 Å². The van der Waals surface area contributed by atoms with Crippen molar-refractivity contribution in [2.45, 2.75) is 6.04 Å². The summed E-state index contributed by atoms with van der Waals surface area (Å²) in [5.41, 5.74) is 1.35. The van der Waals surface area contributed by atoms with Crippen LogP contribution in [0.5, 0.6) is 5.75 Å². The molecule has 1 amide bonds. The lowest BCUT2D eigenvalue weighted by atomic mass is 9.95. The molecule has 2 heterocycles. The Hall–Kier alpha value is -3.38. The number of thiophene rings is 1. The fraction of sp³-hybridized carbons (Fsp3) is 0.0909. The number of ether oxygens (including phenoxy) is 1. The van der Waals surface area contributed by atoms with Gasteiger partial charge in [0.25, 0.3) is 5.91 Å². The molecule has 3 aromatic rings. The van der Waals surface area contributed by atoms with E-state index in [4.69, 9.17) is 4.74 Å². The van der Waals surface area contributed by atoms with Crippen molar-refractivity contribution in [3.63, 3.8) is 0 Å². The van der Waals surface area contributed by atoms with Crippen molar-refractivity contribution in [2.75, 3.05) is 12.0 Å². The molecule has 1 unspecified atom stereocenters. The van der Waals surface area contributed by atoms with Crippen molar-refractivity contribution in [1.29, 1.82) is 0 Å². The van der Waals surface area contributed by atoms with Gasteiger partial charge in [-0.15, -0.1) is 11.3 Å². The number of ketones is 1. The summed E-state index contributed by atoms with van der Waals surface area (Å²) in [6.45, 7) is 0. The van der Waals surface area contributed by atoms with E-state index in [9.17, 15) is 14.7 Å². The topological polar surface area (TPSA) is 66.8 Å². The molecule has 6 heteroatoms. The second-order valence-corrected chi connectivity index (χ2v) is 7.21. The fourth-order valence-corrected chi connectivity index (χ4v) is 4.04. The van der Waals surface area contributed by atoms with Crippen LogP contribution in [0.15, 0.2) is 83.4 Å². The first-order chi connectivity index (χ1) is 13.6. The van der Waals surface area contributed by atoms with E-state index in [2.05, 4.69) is 0 Å². The standard InChI is InChI=1S/C22H17NO4S/c1-27-16-10-5-7-14(13-16)19-18(20(24)17-11-6-12-28-17)21(25)22(26)23(19)15-8-3-2-4-9-15/h2-13,19,25H,1H3. The maximum Gasteiger partial charge on any atom is 0.294 e. The minimum atomic E-state index is -0.750. The average molecular weight is 391 g/mol. The number of methoxy groups -OCH3 is 1. The van der Waals surface area contributed by atoms with Crippen molar-refractivity contribution in [1.82, 2.24) is 0 Å². The van der Waals surface area contributed by atoms with Crippen LogP contribution in [0.4, 0.5) is 5.69 Å². The third-order valence-corrected chi connectivity index (χ3v) is 5.51. The van der Waals surface area contributed by atoms with Gasteiger partial charge in [0.2, 0.25) is 5.78 Å². The molecule has 1 N–H and O–H groups in total. The van der Waals surface area contributed by atoms with Gasteiger partial charge in [-0.05, 0) is 41.3 Å². The van der Waals surface area contributed by atoms with E-state index < -0.39 is 17.7 Å². The minimum Gasteiger partial charge on any atom is -0.503 e. The number of hydrogen-bond acceptors (Lipinski definition) is 5. The molecule has 0 saturated carbocycles. The predicted molar refractivity (Wildman–Crippen MR) is 108 cm³/mol. The molecule has 1 aromatic heterocycles. The van der Waals surface area contributed by atoms with Gasteiger partial charge in [-0.3, -0.25) is 14.5 Å². The zero-order valence-corrected chi connectivity index (χ0v) is 15.8. The number of nitrogens with zero attached hydrogens (tertiary/aromatic N) is 1. The van der Waals surface area contributed by atoms with Gasteiger partial charge in [0.15, 0.2) is 5.76 Å². The summed E-state index contributed by atoms with van der Waals surface area (Å²) in [5.74, 6) is -0.867. The zero-order valence-electron chi connectivity index (χ0n) is 15.0. The number of carbonyl (C=O) groups excluding carboxylic acids is 2. The van der Waals surface area contributed by atoms with E-state index in [0.717, 1.165) is 0 Å². The smallest absolute Gasteiger partial charge is 0.294 e. The molecular weight excluding hydrogens is 374 g/mol. The highest BCUT2D eigenvalue weighted by Crippen LogP contribution is 2.42. The molecule has 2 aromatic carbocycles. The number of aliphatic hydroxyl groups excluding tert-OH is 1. The molecule has 0 aliphatic carbocycles. The van der Waals surface area contributed by atoms with Crippen molar-refractivity contribution < 1.29 is 19.4 Å². The molecule has 0 fully saturated rings. The Labute approximate surface area is 166 Å². The summed E-state index contributed by atoms with van der Waals surface area (Å²) in [7, 11) is 1.55. The van der Waals surface area contributed by atoms with Crippen LogP contribution in [-0.4, -0.2) is 23.9 Å². The molecule has 0 spiro atoms. The van der Waals surface area contributed by atoms with E-state index in [-0.39, 0.29) is 11.4 Å². The van der Waals surface area contributed by atoms with Crippen molar-refractivity contribution in [3.8, 4) is 5.75 Å². The highest BCUT2D eigenvalue weighted by atomic mass is 32.1. The predicted octanol–water partition coefficient (Wildman–Crippen LogP) is 4.54. The van der Waals surface area contributed by atoms with E-state index in [1.165, 1.54) is 16.2 Å². The Balaban J connectivity index is 1.89. The first-order valence-electron chi connectivity index (χ1n) is 8.65. The quantitative estimate of drug-likeness (QED) is 0.649. The monoisotopic (exact) mass is 391 g/mol. The van der Waals surface area contributed by atoms with Gasteiger partial charge < -0.3 is 9.84 Å². The molecule has 0 radical (unpaired) electrons. The number of hydrogen-bond donors (Lipinski definition) is 1. The molecule has 28 heavy (non-hydrogen) atoms. The number of carbonyl (C=O) groups is 2. The third-order valence-electron chi connectivity index (χ3n) is 4.64. The molecule has 5 nitrogen and oxygen atoms in total. The molecule has 1 aliphatic rings. The summed E-state index contributed by atoms with van der Waals surface area (Å²) in [6, 6.07) is 18.9. The highest BCUT2D eigenvalue weighted by molar-refractivity contribution is 7.12. The van der Waals surface area contributed by atoms with E-state index in [0.29, 0.717) is 21.9 Å². The average Bonchev–Trinajstić information content (AvgIpc) is 3.36. The Bertz CT molecular complexity index is 1060. The summed E-state index contributed by atoms with van der Waals surface area (Å²) in [5, 5.41) is 12.4. The van der Waals surface area contributed by atoms with E-state index >= 15 is 0 Å². The summed E-state index contributed by atoms with van der Waals surface area (Å²) >= 11 is 1.27. The molecule has 0 bridgehead atoms. The van der Waals surface area contributed by atoms with Gasteiger partial charge in [-0.2, -0.15) is 0 Å². The Morgan fingerprint density at radius 3 is 2.54 bits per heavy atom. The van der Waals surface area contributed by atoms with Crippen LogP contribution in [0.3, 0.4) is 0 Å². The zero-order chi connectivity index (χ0) is 19.7. The maximum absolute atomic E-state index is 13.2. The van der Waals surface area contributed by atoms with Crippen molar-refractivity contribution >= 4 is 28.7 Å². The number of Topliss-reactive ketones (excluding diaryl/α,β-unsaturated/α-hetero) is 1. The second-order valence-electron chi connectivity index (χ2n) is 6.26. The molecule has 1 atom stereocenters. The molecular formula is C22H17NO4S. The van der Waals surface area contributed by atoms with Crippen molar-refractivity contribution in [2.24, 2.45) is 0 Å². The number of rotatable bonds is 5. The lowest BCUT2D eigenvalue weighted by Gasteiger charge is -2.27. The normalized spacial score (nSPS) is 16.5. The maximum atomic E-state index is 13.2. The van der Waals surface area contributed by atoms with Gasteiger partial charge in [0, 0.05) is 5.69 Å². The van der Waals surface area contributed by atoms with Crippen LogP contribution in [0, 0.1) is 0 Å². The molecule has 1 aliphatic heterocycles. The molecule has 0 saturated heterocycles. The van der Waals surface area contributed by atoms with Crippen LogP contribution < -0.4 is 9.64 Å². The third kappa shape index (κ3) is 2.97. The Kier molecular flexibility index (Phi) is 4.71. The Morgan fingerprint density at radius 1 is 1.07 bits per heavy atom. The van der Waals surface area contributed by atoms with E-state index in [1.54, 1.807) is 67.1 Å². The summed E-state index contributed by atoms with van der Waals surface area (Å²) in [4.78, 5) is 28.0. The largest absolute Gasteiger partial charge is 0.503 e. The number of amides is 1. The number of para-hydroxylation sites is 1. The van der Waals surface area contributed by atoms with Gasteiger partial charge in [-0.25, -0.2) is 0 Å². The van der Waals surface area contributed by atoms with Crippen LogP contribution in [-0.2, 0) is 4.79 Å². The molecule has 140 valence electrons. The first-order valence-corrected chi connectivity index (χ1v) is 9.53. The lowest BCUT2D eigenvalue weighted by molar-refractivity contribution is -0.117. The van der Waals surface area contributed by atoms with Crippen molar-refractivity contribution in [3.05, 3.63) is 93.9 Å². The fourth-order valence-electron chi connectivity index (χ4n) is 3.36. The van der Waals surface area contributed by atoms with Gasteiger partial charge in [-0.1, -0.05) is 36.4 Å². The van der Waals surface area contributed by atoms with Crippen LogP contribution in [0.1, 0.15) is 21.3 Å². The molecule has 4 rings (SSSR count). The van der Waals surface area contributed by atoms with Crippen LogP contribution in [0.25, 0.3) is 0 Å². The lowest BCUT2D eigenvalue weighted by Crippen LogP contribution is -2.31. The number of benzene rings is 2. The minimum absolute atomic E-state index is 0.0737. The van der Waals surface area contributed by atoms with Gasteiger partial charge in [0.1, 0.15) is 5.75 Å².